The zero-order chi connectivity index (χ0) is 12.8. The number of hydrogen-bond acceptors (Lipinski definition) is 3. The van der Waals surface area contributed by atoms with E-state index in [2.05, 4.69) is 44.8 Å². The normalized spacial score (nSPS) is 26.1. The van der Waals surface area contributed by atoms with Crippen molar-refractivity contribution in [1.82, 2.24) is 10.2 Å². The predicted octanol–water partition coefficient (Wildman–Crippen LogP) is 2.12. The molecular weight excluding hydrogens is 212 g/mol. The highest BCUT2D eigenvalue weighted by Crippen LogP contribution is 2.14. The second-order valence-electron chi connectivity index (χ2n) is 5.80. The first kappa shape index (κ1) is 14.9. The van der Waals surface area contributed by atoms with Crippen molar-refractivity contribution in [2.75, 3.05) is 26.2 Å². The molecule has 2 atom stereocenters. The van der Waals surface area contributed by atoms with Crippen LogP contribution in [0.1, 0.15) is 41.0 Å². The van der Waals surface area contributed by atoms with E-state index in [1.54, 1.807) is 0 Å². The van der Waals surface area contributed by atoms with Crippen LogP contribution >= 0.6 is 0 Å². The molecule has 102 valence electrons. The molecule has 0 aromatic heterocycles. The van der Waals surface area contributed by atoms with Crippen LogP contribution in [0.2, 0.25) is 0 Å². The maximum atomic E-state index is 6.04. The van der Waals surface area contributed by atoms with Gasteiger partial charge in [-0.2, -0.15) is 0 Å². The van der Waals surface area contributed by atoms with Gasteiger partial charge in [-0.05, 0) is 46.6 Å². The first-order valence-corrected chi connectivity index (χ1v) is 7.10. The first-order valence-electron chi connectivity index (χ1n) is 7.10. The lowest BCUT2D eigenvalue weighted by Crippen LogP contribution is -2.43. The van der Waals surface area contributed by atoms with Crippen molar-refractivity contribution in [3.63, 3.8) is 0 Å². The lowest BCUT2D eigenvalue weighted by molar-refractivity contribution is -0.0151. The van der Waals surface area contributed by atoms with Crippen LogP contribution in [0.3, 0.4) is 0 Å². The summed E-state index contributed by atoms with van der Waals surface area (Å²) in [5, 5.41) is 3.41. The zero-order valence-corrected chi connectivity index (χ0v) is 12.2. The van der Waals surface area contributed by atoms with Gasteiger partial charge in [-0.1, -0.05) is 6.92 Å². The fourth-order valence-electron chi connectivity index (χ4n) is 2.66. The van der Waals surface area contributed by atoms with E-state index in [9.17, 15) is 0 Å². The second-order valence-corrected chi connectivity index (χ2v) is 5.80. The molecule has 2 unspecified atom stereocenters. The summed E-state index contributed by atoms with van der Waals surface area (Å²) in [4.78, 5) is 2.49. The molecule has 0 aromatic rings. The fourth-order valence-corrected chi connectivity index (χ4v) is 2.66. The average molecular weight is 242 g/mol. The Morgan fingerprint density at radius 2 is 1.88 bits per heavy atom. The van der Waals surface area contributed by atoms with E-state index < -0.39 is 0 Å². The molecule has 17 heavy (non-hydrogen) atoms. The average Bonchev–Trinajstić information content (AvgIpc) is 2.25. The van der Waals surface area contributed by atoms with Gasteiger partial charge in [-0.3, -0.25) is 4.90 Å². The SMILES string of the molecule is CC1CNCCC1OCCN(C(C)C)C(C)C. The molecule has 0 aromatic carbocycles. The van der Waals surface area contributed by atoms with Crippen molar-refractivity contribution in [2.24, 2.45) is 5.92 Å². The standard InChI is InChI=1S/C14H30N2O/c1-11(2)16(12(3)4)8-9-17-14-6-7-15-10-13(14)5/h11-15H,6-10H2,1-5H3. The van der Waals surface area contributed by atoms with Gasteiger partial charge < -0.3 is 10.1 Å². The van der Waals surface area contributed by atoms with Gasteiger partial charge in [-0.15, -0.1) is 0 Å². The van der Waals surface area contributed by atoms with Gasteiger partial charge in [0.2, 0.25) is 0 Å². The van der Waals surface area contributed by atoms with E-state index in [0.29, 0.717) is 24.1 Å². The highest BCUT2D eigenvalue weighted by Gasteiger charge is 2.22. The summed E-state index contributed by atoms with van der Waals surface area (Å²) in [6.07, 6.45) is 1.61. The topological polar surface area (TPSA) is 24.5 Å². The van der Waals surface area contributed by atoms with E-state index in [1.807, 2.05) is 0 Å². The molecule has 1 fully saturated rings. The van der Waals surface area contributed by atoms with Gasteiger partial charge in [-0.25, -0.2) is 0 Å². The highest BCUT2D eigenvalue weighted by molar-refractivity contribution is 4.76. The molecular formula is C14H30N2O. The number of hydrogen-bond donors (Lipinski definition) is 1. The highest BCUT2D eigenvalue weighted by atomic mass is 16.5. The number of rotatable bonds is 6. The molecule has 1 rings (SSSR count). The number of ether oxygens (including phenoxy) is 1. The Balaban J connectivity index is 2.25. The quantitative estimate of drug-likeness (QED) is 0.772. The molecule has 0 radical (unpaired) electrons. The summed E-state index contributed by atoms with van der Waals surface area (Å²) < 4.78 is 6.04. The van der Waals surface area contributed by atoms with Crippen LogP contribution in [0, 0.1) is 5.92 Å². The van der Waals surface area contributed by atoms with Gasteiger partial charge in [0.05, 0.1) is 12.7 Å². The lowest BCUT2D eigenvalue weighted by atomic mass is 9.98. The Bertz CT molecular complexity index is 198. The van der Waals surface area contributed by atoms with Crippen molar-refractivity contribution in [2.45, 2.75) is 59.2 Å². The van der Waals surface area contributed by atoms with Gasteiger partial charge in [0.25, 0.3) is 0 Å². The van der Waals surface area contributed by atoms with Crippen molar-refractivity contribution in [1.29, 1.82) is 0 Å². The number of nitrogens with zero attached hydrogens (tertiary/aromatic N) is 1. The van der Waals surface area contributed by atoms with Gasteiger partial charge in [0, 0.05) is 25.2 Å². The molecule has 0 bridgehead atoms. The Hall–Kier alpha value is -0.120. The fraction of sp³-hybridized carbons (Fsp3) is 1.00. The van der Waals surface area contributed by atoms with E-state index in [-0.39, 0.29) is 0 Å². The molecule has 0 saturated carbocycles. The third-order valence-corrected chi connectivity index (χ3v) is 3.71. The van der Waals surface area contributed by atoms with E-state index in [1.165, 1.54) is 0 Å². The smallest absolute Gasteiger partial charge is 0.0625 e. The molecule has 1 aliphatic rings. The molecule has 1 N–H and O–H groups in total. The largest absolute Gasteiger partial charge is 0.377 e. The maximum absolute atomic E-state index is 6.04. The molecule has 0 amide bonds. The molecule has 1 heterocycles. The van der Waals surface area contributed by atoms with Crippen LogP contribution in [-0.2, 0) is 4.74 Å². The molecule has 1 aliphatic heterocycles. The molecule has 0 spiro atoms. The minimum atomic E-state index is 0.456. The summed E-state index contributed by atoms with van der Waals surface area (Å²) in [7, 11) is 0. The Kier molecular flexibility index (Phi) is 6.45. The van der Waals surface area contributed by atoms with E-state index in [4.69, 9.17) is 4.74 Å². The van der Waals surface area contributed by atoms with Crippen LogP contribution in [0.15, 0.2) is 0 Å². The van der Waals surface area contributed by atoms with Crippen molar-refractivity contribution in [3.8, 4) is 0 Å². The first-order chi connectivity index (χ1) is 8.02. The van der Waals surface area contributed by atoms with E-state index in [0.717, 1.165) is 32.7 Å². The van der Waals surface area contributed by atoms with Crippen LogP contribution in [0.4, 0.5) is 0 Å². The number of nitrogens with one attached hydrogen (secondary N) is 1. The summed E-state index contributed by atoms with van der Waals surface area (Å²) in [5.41, 5.74) is 0. The molecule has 3 nitrogen and oxygen atoms in total. The Labute approximate surface area is 107 Å². The zero-order valence-electron chi connectivity index (χ0n) is 12.2. The Morgan fingerprint density at radius 1 is 1.24 bits per heavy atom. The number of piperidine rings is 1. The third kappa shape index (κ3) is 4.94. The van der Waals surface area contributed by atoms with Crippen molar-refractivity contribution >= 4 is 0 Å². The maximum Gasteiger partial charge on any atom is 0.0625 e. The van der Waals surface area contributed by atoms with Gasteiger partial charge >= 0.3 is 0 Å². The predicted molar refractivity (Wildman–Crippen MR) is 73.4 cm³/mol. The van der Waals surface area contributed by atoms with Gasteiger partial charge in [0.1, 0.15) is 0 Å². The van der Waals surface area contributed by atoms with Gasteiger partial charge in [0.15, 0.2) is 0 Å². The third-order valence-electron chi connectivity index (χ3n) is 3.71. The summed E-state index contributed by atoms with van der Waals surface area (Å²) in [6.45, 7) is 15.4. The summed E-state index contributed by atoms with van der Waals surface area (Å²) >= 11 is 0. The van der Waals surface area contributed by atoms with Crippen molar-refractivity contribution in [3.05, 3.63) is 0 Å². The van der Waals surface area contributed by atoms with Crippen molar-refractivity contribution < 1.29 is 4.74 Å². The Morgan fingerprint density at radius 3 is 2.41 bits per heavy atom. The van der Waals surface area contributed by atoms with Crippen LogP contribution in [-0.4, -0.2) is 49.3 Å². The van der Waals surface area contributed by atoms with E-state index >= 15 is 0 Å². The van der Waals surface area contributed by atoms with Crippen LogP contribution in [0.25, 0.3) is 0 Å². The summed E-state index contributed by atoms with van der Waals surface area (Å²) in [5.74, 6) is 0.648. The molecule has 0 aliphatic carbocycles. The monoisotopic (exact) mass is 242 g/mol. The second kappa shape index (κ2) is 7.34. The van der Waals surface area contributed by atoms with Crippen LogP contribution in [0.5, 0.6) is 0 Å². The van der Waals surface area contributed by atoms with Crippen LogP contribution < -0.4 is 5.32 Å². The summed E-state index contributed by atoms with van der Waals surface area (Å²) in [6, 6.07) is 1.20. The minimum absolute atomic E-state index is 0.456. The molecule has 1 saturated heterocycles. The minimum Gasteiger partial charge on any atom is -0.377 e. The molecule has 3 heteroatoms. The lowest BCUT2D eigenvalue weighted by Gasteiger charge is -2.33.